The minimum absolute atomic E-state index is 0.114. The molecule has 0 unspecified atom stereocenters. The largest absolute Gasteiger partial charge is 0.490 e. The van der Waals surface area contributed by atoms with Crippen LogP contribution in [0, 0.1) is 0 Å². The molecule has 0 bridgehead atoms. The first-order chi connectivity index (χ1) is 10.2. The van der Waals surface area contributed by atoms with Gasteiger partial charge in [0, 0.05) is 6.42 Å². The fourth-order valence-corrected chi connectivity index (χ4v) is 2.65. The monoisotopic (exact) mass is 304 g/mol. The molecule has 1 atom stereocenters. The molecule has 6 heteroatoms. The van der Waals surface area contributed by atoms with Gasteiger partial charge < -0.3 is 14.8 Å². The predicted octanol–water partition coefficient (Wildman–Crippen LogP) is 2.80. The summed E-state index contributed by atoms with van der Waals surface area (Å²) in [6, 6.07) is 5.66. The van der Waals surface area contributed by atoms with Gasteiger partial charge in [-0.1, -0.05) is 6.07 Å². The first-order valence-electron chi connectivity index (χ1n) is 6.83. The number of nitrogens with one attached hydrogen (secondary N) is 1. The van der Waals surface area contributed by atoms with Crippen LogP contribution in [0.4, 0.5) is 0 Å². The molecule has 0 aliphatic carbocycles. The van der Waals surface area contributed by atoms with Crippen molar-refractivity contribution in [2.24, 2.45) is 0 Å². The molecule has 3 rings (SSSR count). The zero-order valence-electron chi connectivity index (χ0n) is 11.7. The van der Waals surface area contributed by atoms with Gasteiger partial charge in [-0.3, -0.25) is 9.78 Å². The van der Waals surface area contributed by atoms with Crippen molar-refractivity contribution in [3.8, 4) is 11.5 Å². The number of ether oxygens (including phenoxy) is 2. The molecule has 5 nitrogen and oxygen atoms in total. The lowest BCUT2D eigenvalue weighted by atomic mass is 10.1. The van der Waals surface area contributed by atoms with Crippen LogP contribution in [0.5, 0.6) is 11.5 Å². The molecule has 1 aromatic heterocycles. The smallest absolute Gasteiger partial charge is 0.263 e. The Hall–Kier alpha value is -2.08. The van der Waals surface area contributed by atoms with Crippen molar-refractivity contribution in [3.63, 3.8) is 0 Å². The summed E-state index contributed by atoms with van der Waals surface area (Å²) in [6.45, 7) is 3.26. The number of aromatic nitrogens is 1. The SMILES string of the molecule is C[C@H](NC(=O)c1cncs1)c1ccc2c(c1)OCCCO2. The summed E-state index contributed by atoms with van der Waals surface area (Å²) < 4.78 is 11.3. The Morgan fingerprint density at radius 3 is 2.90 bits per heavy atom. The van der Waals surface area contributed by atoms with Crippen LogP contribution in [0.1, 0.15) is 34.6 Å². The summed E-state index contributed by atoms with van der Waals surface area (Å²) in [7, 11) is 0. The lowest BCUT2D eigenvalue weighted by Gasteiger charge is -2.16. The Morgan fingerprint density at radius 2 is 2.14 bits per heavy atom. The number of fused-ring (bicyclic) bond motifs is 1. The molecule has 110 valence electrons. The van der Waals surface area contributed by atoms with E-state index in [9.17, 15) is 4.79 Å². The number of hydrogen-bond acceptors (Lipinski definition) is 5. The molecule has 1 amide bonds. The molecule has 1 N–H and O–H groups in total. The lowest BCUT2D eigenvalue weighted by molar-refractivity contribution is 0.0943. The number of benzene rings is 1. The van der Waals surface area contributed by atoms with Crippen LogP contribution in [0.3, 0.4) is 0 Å². The van der Waals surface area contributed by atoms with E-state index in [0.717, 1.165) is 23.5 Å². The van der Waals surface area contributed by atoms with Gasteiger partial charge in [0.15, 0.2) is 11.5 Å². The number of nitrogens with zero attached hydrogens (tertiary/aromatic N) is 1. The molecular weight excluding hydrogens is 288 g/mol. The highest BCUT2D eigenvalue weighted by atomic mass is 32.1. The molecule has 0 fully saturated rings. The van der Waals surface area contributed by atoms with Crippen molar-refractivity contribution >= 4 is 17.2 Å². The number of carbonyl (C=O) groups excluding carboxylic acids is 1. The molecule has 0 spiro atoms. The summed E-state index contributed by atoms with van der Waals surface area (Å²) in [5.74, 6) is 1.39. The summed E-state index contributed by atoms with van der Waals surface area (Å²) in [4.78, 5) is 16.6. The first-order valence-corrected chi connectivity index (χ1v) is 7.71. The molecule has 0 radical (unpaired) electrons. The van der Waals surface area contributed by atoms with E-state index >= 15 is 0 Å². The molecule has 1 aliphatic rings. The second-order valence-electron chi connectivity index (χ2n) is 4.82. The Balaban J connectivity index is 1.74. The van der Waals surface area contributed by atoms with E-state index in [4.69, 9.17) is 9.47 Å². The van der Waals surface area contributed by atoms with Gasteiger partial charge in [0.1, 0.15) is 4.88 Å². The van der Waals surface area contributed by atoms with E-state index in [1.807, 2.05) is 25.1 Å². The topological polar surface area (TPSA) is 60.5 Å². The highest BCUT2D eigenvalue weighted by Gasteiger charge is 2.16. The van der Waals surface area contributed by atoms with Gasteiger partial charge in [0.05, 0.1) is 31.0 Å². The summed E-state index contributed by atoms with van der Waals surface area (Å²) in [5, 5.41) is 2.96. The van der Waals surface area contributed by atoms with Gasteiger partial charge in [0.25, 0.3) is 5.91 Å². The highest BCUT2D eigenvalue weighted by Crippen LogP contribution is 2.32. The molecule has 1 aromatic carbocycles. The van der Waals surface area contributed by atoms with Gasteiger partial charge in [-0.25, -0.2) is 0 Å². The van der Waals surface area contributed by atoms with Crippen molar-refractivity contribution in [1.29, 1.82) is 0 Å². The van der Waals surface area contributed by atoms with E-state index in [1.165, 1.54) is 11.3 Å². The quantitative estimate of drug-likeness (QED) is 0.947. The van der Waals surface area contributed by atoms with Crippen LogP contribution in [-0.4, -0.2) is 24.1 Å². The number of hydrogen-bond donors (Lipinski definition) is 1. The minimum Gasteiger partial charge on any atom is -0.490 e. The molecule has 21 heavy (non-hydrogen) atoms. The van der Waals surface area contributed by atoms with Gasteiger partial charge in [0.2, 0.25) is 0 Å². The van der Waals surface area contributed by atoms with Crippen molar-refractivity contribution in [2.45, 2.75) is 19.4 Å². The van der Waals surface area contributed by atoms with Crippen LogP contribution < -0.4 is 14.8 Å². The highest BCUT2D eigenvalue weighted by molar-refractivity contribution is 7.11. The second-order valence-corrected chi connectivity index (χ2v) is 5.70. The maximum atomic E-state index is 12.0. The van der Waals surface area contributed by atoms with E-state index in [0.29, 0.717) is 18.1 Å². The van der Waals surface area contributed by atoms with Crippen molar-refractivity contribution in [1.82, 2.24) is 10.3 Å². The van der Waals surface area contributed by atoms with Crippen LogP contribution in [-0.2, 0) is 0 Å². The molecule has 2 aromatic rings. The second kappa shape index (κ2) is 6.13. The van der Waals surface area contributed by atoms with Crippen LogP contribution in [0.15, 0.2) is 29.9 Å². The average molecular weight is 304 g/mol. The zero-order valence-corrected chi connectivity index (χ0v) is 12.5. The fourth-order valence-electron chi connectivity index (χ4n) is 2.13. The van der Waals surface area contributed by atoms with Gasteiger partial charge >= 0.3 is 0 Å². The third kappa shape index (κ3) is 3.16. The third-order valence-corrected chi connectivity index (χ3v) is 4.05. The predicted molar refractivity (Wildman–Crippen MR) is 80.0 cm³/mol. The fraction of sp³-hybridized carbons (Fsp3) is 0.333. The van der Waals surface area contributed by atoms with Crippen molar-refractivity contribution in [2.75, 3.05) is 13.2 Å². The Kier molecular flexibility index (Phi) is 4.06. The maximum Gasteiger partial charge on any atom is 0.263 e. The van der Waals surface area contributed by atoms with Crippen LogP contribution >= 0.6 is 11.3 Å². The van der Waals surface area contributed by atoms with E-state index in [1.54, 1.807) is 11.7 Å². The molecule has 1 aliphatic heterocycles. The van der Waals surface area contributed by atoms with Crippen molar-refractivity contribution in [3.05, 3.63) is 40.3 Å². The molecule has 0 saturated heterocycles. The Bertz CT molecular complexity index is 628. The standard InChI is InChI=1S/C15H16N2O3S/c1-10(17-15(18)14-8-16-9-21-14)11-3-4-12-13(7-11)20-6-2-5-19-12/h3-4,7-10H,2,5-6H2,1H3,(H,17,18)/t10-/m0/s1. The van der Waals surface area contributed by atoms with E-state index in [2.05, 4.69) is 10.3 Å². The Labute approximate surface area is 126 Å². The minimum atomic E-state index is -0.114. The zero-order chi connectivity index (χ0) is 14.7. The van der Waals surface area contributed by atoms with Crippen molar-refractivity contribution < 1.29 is 14.3 Å². The van der Waals surface area contributed by atoms with Crippen LogP contribution in [0.25, 0.3) is 0 Å². The average Bonchev–Trinajstić information content (AvgIpc) is 2.92. The van der Waals surface area contributed by atoms with Gasteiger partial charge in [-0.2, -0.15) is 0 Å². The summed E-state index contributed by atoms with van der Waals surface area (Å²) in [6.07, 6.45) is 2.45. The molecule has 2 heterocycles. The number of carbonyl (C=O) groups is 1. The third-order valence-electron chi connectivity index (χ3n) is 3.28. The maximum absolute atomic E-state index is 12.0. The van der Waals surface area contributed by atoms with E-state index < -0.39 is 0 Å². The number of thiazole rings is 1. The number of amides is 1. The lowest BCUT2D eigenvalue weighted by Crippen LogP contribution is -2.25. The summed E-state index contributed by atoms with van der Waals surface area (Å²) >= 11 is 1.33. The summed E-state index contributed by atoms with van der Waals surface area (Å²) in [5.41, 5.74) is 2.63. The molecular formula is C15H16N2O3S. The normalized spacial score (nSPS) is 15.1. The van der Waals surface area contributed by atoms with Gasteiger partial charge in [-0.15, -0.1) is 11.3 Å². The number of rotatable bonds is 3. The molecule has 0 saturated carbocycles. The Morgan fingerprint density at radius 1 is 1.33 bits per heavy atom. The first kappa shape index (κ1) is 13.9. The van der Waals surface area contributed by atoms with E-state index in [-0.39, 0.29) is 11.9 Å². The van der Waals surface area contributed by atoms with Crippen LogP contribution in [0.2, 0.25) is 0 Å². The van der Waals surface area contributed by atoms with Gasteiger partial charge in [-0.05, 0) is 24.6 Å².